The Morgan fingerprint density at radius 3 is 3.00 bits per heavy atom. The lowest BCUT2D eigenvalue weighted by atomic mass is 10.3. The first-order chi connectivity index (χ1) is 8.68. The molecule has 0 bridgehead atoms. The SMILES string of the molecule is CC(c1nccs1)n1c(N)nc2c(Cl)cccc21. The number of nitrogen functional groups attached to an aromatic ring is 1. The van der Waals surface area contributed by atoms with Crippen LogP contribution in [0.1, 0.15) is 18.0 Å². The van der Waals surface area contributed by atoms with Gasteiger partial charge in [-0.3, -0.25) is 0 Å². The largest absolute Gasteiger partial charge is 0.369 e. The van der Waals surface area contributed by atoms with Crippen LogP contribution in [0.2, 0.25) is 5.02 Å². The molecule has 18 heavy (non-hydrogen) atoms. The first-order valence-electron chi connectivity index (χ1n) is 5.50. The highest BCUT2D eigenvalue weighted by Gasteiger charge is 2.18. The average Bonchev–Trinajstić information content (AvgIpc) is 2.96. The van der Waals surface area contributed by atoms with E-state index in [9.17, 15) is 0 Å². The van der Waals surface area contributed by atoms with E-state index in [4.69, 9.17) is 17.3 Å². The fraction of sp³-hybridized carbons (Fsp3) is 0.167. The summed E-state index contributed by atoms with van der Waals surface area (Å²) < 4.78 is 1.96. The molecule has 0 aliphatic carbocycles. The third kappa shape index (κ3) is 1.67. The maximum absolute atomic E-state index is 6.13. The van der Waals surface area contributed by atoms with Gasteiger partial charge >= 0.3 is 0 Å². The minimum Gasteiger partial charge on any atom is -0.369 e. The quantitative estimate of drug-likeness (QED) is 0.782. The van der Waals surface area contributed by atoms with Crippen LogP contribution in [0, 0.1) is 0 Å². The summed E-state index contributed by atoms with van der Waals surface area (Å²) >= 11 is 7.73. The highest BCUT2D eigenvalue weighted by molar-refractivity contribution is 7.09. The van der Waals surface area contributed by atoms with Crippen molar-refractivity contribution in [3.8, 4) is 0 Å². The van der Waals surface area contributed by atoms with Crippen LogP contribution in [0.3, 0.4) is 0 Å². The molecule has 1 unspecified atom stereocenters. The number of para-hydroxylation sites is 1. The van der Waals surface area contributed by atoms with Crippen LogP contribution in [0.4, 0.5) is 5.95 Å². The lowest BCUT2D eigenvalue weighted by Crippen LogP contribution is -2.09. The Balaban J connectivity index is 2.23. The van der Waals surface area contributed by atoms with Gasteiger partial charge in [0.2, 0.25) is 5.95 Å². The second-order valence-corrected chi connectivity index (χ2v) is 5.33. The smallest absolute Gasteiger partial charge is 0.201 e. The number of anilines is 1. The predicted molar refractivity (Wildman–Crippen MR) is 75.1 cm³/mol. The normalized spacial score (nSPS) is 13.0. The molecule has 3 aromatic rings. The molecule has 92 valence electrons. The minimum absolute atomic E-state index is 0.0495. The number of imidazole rings is 1. The van der Waals surface area contributed by atoms with Gasteiger partial charge in [0.25, 0.3) is 0 Å². The Labute approximate surface area is 113 Å². The molecule has 0 saturated carbocycles. The molecule has 0 aliphatic heterocycles. The Bertz CT molecular complexity index is 689. The molecule has 2 aromatic heterocycles. The fourth-order valence-corrected chi connectivity index (χ4v) is 2.96. The molecule has 4 nitrogen and oxygen atoms in total. The summed E-state index contributed by atoms with van der Waals surface area (Å²) in [6, 6.07) is 5.73. The van der Waals surface area contributed by atoms with E-state index in [-0.39, 0.29) is 6.04 Å². The molecule has 0 fully saturated rings. The number of nitrogens with two attached hydrogens (primary N) is 1. The van der Waals surface area contributed by atoms with E-state index in [1.54, 1.807) is 17.5 Å². The molecule has 1 aromatic carbocycles. The van der Waals surface area contributed by atoms with Gasteiger partial charge in [-0.1, -0.05) is 17.7 Å². The van der Waals surface area contributed by atoms with Crippen LogP contribution >= 0.6 is 22.9 Å². The standard InChI is InChI=1S/C12H11ClN4S/c1-7(11-15-5-6-18-11)17-9-4-2-3-8(13)10(9)16-12(17)14/h2-7H,1H3,(H2,14,16). The third-order valence-corrected chi connectivity index (χ3v) is 4.15. The van der Waals surface area contributed by atoms with E-state index in [1.165, 1.54) is 0 Å². The number of fused-ring (bicyclic) bond motifs is 1. The Kier molecular flexibility index (Phi) is 2.72. The summed E-state index contributed by atoms with van der Waals surface area (Å²) in [5.41, 5.74) is 7.67. The number of rotatable bonds is 2. The number of halogens is 1. The lowest BCUT2D eigenvalue weighted by Gasteiger charge is -2.13. The average molecular weight is 279 g/mol. The summed E-state index contributed by atoms with van der Waals surface area (Å²) in [5, 5.41) is 3.57. The Morgan fingerprint density at radius 2 is 2.28 bits per heavy atom. The number of hydrogen-bond acceptors (Lipinski definition) is 4. The molecule has 6 heteroatoms. The van der Waals surface area contributed by atoms with Gasteiger partial charge in [0.1, 0.15) is 10.5 Å². The van der Waals surface area contributed by atoms with Crippen LogP contribution in [-0.2, 0) is 0 Å². The number of aromatic nitrogens is 3. The van der Waals surface area contributed by atoms with Gasteiger partial charge in [0.05, 0.1) is 16.6 Å². The van der Waals surface area contributed by atoms with Crippen molar-refractivity contribution in [2.75, 3.05) is 5.73 Å². The van der Waals surface area contributed by atoms with Crippen LogP contribution in [-0.4, -0.2) is 14.5 Å². The van der Waals surface area contributed by atoms with Crippen molar-refractivity contribution >= 4 is 39.9 Å². The fourth-order valence-electron chi connectivity index (χ4n) is 2.06. The molecule has 2 heterocycles. The summed E-state index contributed by atoms with van der Waals surface area (Å²) in [6.07, 6.45) is 1.79. The number of hydrogen-bond donors (Lipinski definition) is 1. The van der Waals surface area contributed by atoms with E-state index in [2.05, 4.69) is 16.9 Å². The second-order valence-electron chi connectivity index (χ2n) is 3.99. The van der Waals surface area contributed by atoms with Crippen LogP contribution in [0.25, 0.3) is 11.0 Å². The van der Waals surface area contributed by atoms with Crippen LogP contribution < -0.4 is 5.73 Å². The third-order valence-electron chi connectivity index (χ3n) is 2.89. The number of nitrogens with zero attached hydrogens (tertiary/aromatic N) is 3. The summed E-state index contributed by atoms with van der Waals surface area (Å²) in [5.74, 6) is 0.459. The molecule has 0 amide bonds. The van der Waals surface area contributed by atoms with Crippen molar-refractivity contribution in [3.63, 3.8) is 0 Å². The van der Waals surface area contributed by atoms with Crippen molar-refractivity contribution in [1.82, 2.24) is 14.5 Å². The highest BCUT2D eigenvalue weighted by atomic mass is 35.5. The predicted octanol–water partition coefficient (Wildman–Crippen LogP) is 3.34. The van der Waals surface area contributed by atoms with E-state index >= 15 is 0 Å². The Morgan fingerprint density at radius 1 is 1.44 bits per heavy atom. The van der Waals surface area contributed by atoms with Gasteiger partial charge in [0, 0.05) is 11.6 Å². The van der Waals surface area contributed by atoms with E-state index < -0.39 is 0 Å². The minimum atomic E-state index is 0.0495. The monoisotopic (exact) mass is 278 g/mol. The van der Waals surface area contributed by atoms with E-state index in [1.807, 2.05) is 28.1 Å². The molecule has 0 saturated heterocycles. The number of thiazole rings is 1. The maximum atomic E-state index is 6.13. The second kappa shape index (κ2) is 4.26. The molecular formula is C12H11ClN4S. The molecule has 3 rings (SSSR count). The molecular weight excluding hydrogens is 268 g/mol. The summed E-state index contributed by atoms with van der Waals surface area (Å²) in [7, 11) is 0. The van der Waals surface area contributed by atoms with Crippen molar-refractivity contribution in [1.29, 1.82) is 0 Å². The first-order valence-corrected chi connectivity index (χ1v) is 6.75. The van der Waals surface area contributed by atoms with Crippen molar-refractivity contribution in [2.24, 2.45) is 0 Å². The van der Waals surface area contributed by atoms with Gasteiger partial charge in [-0.2, -0.15) is 0 Å². The van der Waals surface area contributed by atoms with Crippen molar-refractivity contribution in [3.05, 3.63) is 39.8 Å². The Hall–Kier alpha value is -1.59. The summed E-state index contributed by atoms with van der Waals surface area (Å²) in [6.45, 7) is 2.05. The number of benzene rings is 1. The van der Waals surface area contributed by atoms with Gasteiger partial charge < -0.3 is 10.3 Å². The van der Waals surface area contributed by atoms with E-state index in [0.717, 1.165) is 16.0 Å². The van der Waals surface area contributed by atoms with Crippen molar-refractivity contribution < 1.29 is 0 Å². The van der Waals surface area contributed by atoms with Gasteiger partial charge in [-0.25, -0.2) is 9.97 Å². The first kappa shape index (κ1) is 11.5. The lowest BCUT2D eigenvalue weighted by molar-refractivity contribution is 0.662. The highest BCUT2D eigenvalue weighted by Crippen LogP contribution is 2.31. The molecule has 2 N–H and O–H groups in total. The van der Waals surface area contributed by atoms with Crippen LogP contribution in [0.5, 0.6) is 0 Å². The van der Waals surface area contributed by atoms with E-state index in [0.29, 0.717) is 11.0 Å². The van der Waals surface area contributed by atoms with Gasteiger partial charge in [0.15, 0.2) is 0 Å². The van der Waals surface area contributed by atoms with Gasteiger partial charge in [-0.05, 0) is 19.1 Å². The molecule has 0 aliphatic rings. The van der Waals surface area contributed by atoms with Crippen molar-refractivity contribution in [2.45, 2.75) is 13.0 Å². The zero-order valence-corrected chi connectivity index (χ0v) is 11.2. The van der Waals surface area contributed by atoms with Crippen LogP contribution in [0.15, 0.2) is 29.8 Å². The molecule has 0 radical (unpaired) electrons. The maximum Gasteiger partial charge on any atom is 0.201 e. The summed E-state index contributed by atoms with van der Waals surface area (Å²) in [4.78, 5) is 8.65. The van der Waals surface area contributed by atoms with Gasteiger partial charge in [-0.15, -0.1) is 11.3 Å². The zero-order valence-electron chi connectivity index (χ0n) is 9.67. The molecule has 0 spiro atoms. The topological polar surface area (TPSA) is 56.7 Å². The molecule has 1 atom stereocenters. The zero-order chi connectivity index (χ0) is 12.7.